The first-order chi connectivity index (χ1) is 7.95. The van der Waals surface area contributed by atoms with E-state index < -0.39 is 18.3 Å². The first-order valence-electron chi connectivity index (χ1n) is 5.13. The SMILES string of the molecule is CC(O)C(C)OC(C#N)c1ccc(F)cc1Br. The predicted molar refractivity (Wildman–Crippen MR) is 64.7 cm³/mol. The van der Waals surface area contributed by atoms with Gasteiger partial charge in [0.1, 0.15) is 5.82 Å². The van der Waals surface area contributed by atoms with Crippen molar-refractivity contribution in [3.63, 3.8) is 0 Å². The molecular weight excluding hydrogens is 289 g/mol. The van der Waals surface area contributed by atoms with Gasteiger partial charge in [-0.25, -0.2) is 4.39 Å². The minimum Gasteiger partial charge on any atom is -0.391 e. The topological polar surface area (TPSA) is 53.2 Å². The van der Waals surface area contributed by atoms with Gasteiger partial charge in [-0.15, -0.1) is 0 Å². The fourth-order valence-corrected chi connectivity index (χ4v) is 1.77. The summed E-state index contributed by atoms with van der Waals surface area (Å²) in [6, 6.07) is 6.01. The summed E-state index contributed by atoms with van der Waals surface area (Å²) in [7, 11) is 0. The lowest BCUT2D eigenvalue weighted by Crippen LogP contribution is -2.24. The quantitative estimate of drug-likeness (QED) is 0.930. The van der Waals surface area contributed by atoms with Crippen LogP contribution in [-0.2, 0) is 4.74 Å². The van der Waals surface area contributed by atoms with E-state index in [1.165, 1.54) is 18.2 Å². The summed E-state index contributed by atoms with van der Waals surface area (Å²) in [5.41, 5.74) is 0.543. The zero-order valence-corrected chi connectivity index (χ0v) is 11.1. The third kappa shape index (κ3) is 3.77. The van der Waals surface area contributed by atoms with Gasteiger partial charge in [-0.1, -0.05) is 22.0 Å². The molecule has 0 spiro atoms. The number of hydrogen-bond donors (Lipinski definition) is 1. The van der Waals surface area contributed by atoms with Crippen LogP contribution in [0.25, 0.3) is 0 Å². The first kappa shape index (κ1) is 14.1. The number of halogens is 2. The van der Waals surface area contributed by atoms with Gasteiger partial charge in [-0.05, 0) is 26.0 Å². The Morgan fingerprint density at radius 3 is 2.59 bits per heavy atom. The molecule has 92 valence electrons. The van der Waals surface area contributed by atoms with Gasteiger partial charge < -0.3 is 9.84 Å². The van der Waals surface area contributed by atoms with Gasteiger partial charge in [0.15, 0.2) is 6.10 Å². The minimum atomic E-state index is -0.838. The Morgan fingerprint density at radius 1 is 1.47 bits per heavy atom. The molecule has 0 aliphatic heterocycles. The summed E-state index contributed by atoms with van der Waals surface area (Å²) < 4.78 is 18.8. The fourth-order valence-electron chi connectivity index (χ4n) is 1.22. The van der Waals surface area contributed by atoms with Crippen LogP contribution in [0.4, 0.5) is 4.39 Å². The summed E-state index contributed by atoms with van der Waals surface area (Å²) in [6.07, 6.45) is -1.99. The highest BCUT2D eigenvalue weighted by Crippen LogP contribution is 2.27. The van der Waals surface area contributed by atoms with E-state index in [1.54, 1.807) is 13.8 Å². The van der Waals surface area contributed by atoms with Crippen LogP contribution in [0.5, 0.6) is 0 Å². The molecule has 17 heavy (non-hydrogen) atoms. The summed E-state index contributed by atoms with van der Waals surface area (Å²) >= 11 is 3.18. The van der Waals surface area contributed by atoms with Gasteiger partial charge in [0.05, 0.1) is 18.3 Å². The van der Waals surface area contributed by atoms with Gasteiger partial charge in [0, 0.05) is 10.0 Å². The van der Waals surface area contributed by atoms with Crippen LogP contribution in [0, 0.1) is 17.1 Å². The molecular formula is C12H13BrFNO2. The van der Waals surface area contributed by atoms with Crippen LogP contribution in [0.1, 0.15) is 25.5 Å². The van der Waals surface area contributed by atoms with Crippen molar-refractivity contribution < 1.29 is 14.2 Å². The van der Waals surface area contributed by atoms with Gasteiger partial charge >= 0.3 is 0 Å². The number of benzene rings is 1. The van der Waals surface area contributed by atoms with Crippen molar-refractivity contribution in [1.82, 2.24) is 0 Å². The number of nitrogens with zero attached hydrogens (tertiary/aromatic N) is 1. The molecule has 0 amide bonds. The average Bonchev–Trinajstić information content (AvgIpc) is 2.26. The molecule has 0 aliphatic rings. The number of nitriles is 1. The molecule has 3 atom stereocenters. The van der Waals surface area contributed by atoms with Crippen LogP contribution >= 0.6 is 15.9 Å². The zero-order valence-electron chi connectivity index (χ0n) is 9.52. The molecule has 0 aliphatic carbocycles. The highest BCUT2D eigenvalue weighted by Gasteiger charge is 2.20. The Hall–Kier alpha value is -0.960. The summed E-state index contributed by atoms with van der Waals surface area (Å²) in [4.78, 5) is 0. The van der Waals surface area contributed by atoms with E-state index >= 15 is 0 Å². The molecule has 0 radical (unpaired) electrons. The van der Waals surface area contributed by atoms with Crippen molar-refractivity contribution >= 4 is 15.9 Å². The Morgan fingerprint density at radius 2 is 2.12 bits per heavy atom. The minimum absolute atomic E-state index is 0.388. The van der Waals surface area contributed by atoms with Crippen molar-refractivity contribution in [2.75, 3.05) is 0 Å². The third-order valence-corrected chi connectivity index (χ3v) is 3.08. The maximum absolute atomic E-state index is 12.9. The van der Waals surface area contributed by atoms with Gasteiger partial charge in [0.2, 0.25) is 0 Å². The molecule has 0 fully saturated rings. The molecule has 0 saturated carbocycles. The van der Waals surface area contributed by atoms with Gasteiger partial charge in [0.25, 0.3) is 0 Å². The van der Waals surface area contributed by atoms with Crippen LogP contribution < -0.4 is 0 Å². The normalized spacial score (nSPS) is 16.0. The summed E-state index contributed by atoms with van der Waals surface area (Å²) in [6.45, 7) is 3.26. The Kier molecular flexibility index (Phi) is 5.06. The number of rotatable bonds is 4. The molecule has 1 N–H and O–H groups in total. The second-order valence-electron chi connectivity index (χ2n) is 3.76. The summed E-state index contributed by atoms with van der Waals surface area (Å²) in [5.74, 6) is -0.388. The van der Waals surface area contributed by atoms with Crippen molar-refractivity contribution in [2.45, 2.75) is 32.2 Å². The molecule has 0 heterocycles. The maximum atomic E-state index is 12.9. The van der Waals surface area contributed by atoms with E-state index in [1.807, 2.05) is 6.07 Å². The van der Waals surface area contributed by atoms with Crippen LogP contribution in [0.2, 0.25) is 0 Å². The highest BCUT2D eigenvalue weighted by atomic mass is 79.9. The van der Waals surface area contributed by atoms with Gasteiger partial charge in [-0.3, -0.25) is 0 Å². The average molecular weight is 302 g/mol. The second kappa shape index (κ2) is 6.10. The van der Waals surface area contributed by atoms with E-state index in [2.05, 4.69) is 15.9 Å². The predicted octanol–water partition coefficient (Wildman–Crippen LogP) is 2.94. The van der Waals surface area contributed by atoms with E-state index in [4.69, 9.17) is 10.00 Å². The van der Waals surface area contributed by atoms with Crippen molar-refractivity contribution in [2.24, 2.45) is 0 Å². The number of aliphatic hydroxyl groups is 1. The molecule has 1 rings (SSSR count). The fraction of sp³-hybridized carbons (Fsp3) is 0.417. The highest BCUT2D eigenvalue weighted by molar-refractivity contribution is 9.10. The van der Waals surface area contributed by atoms with E-state index in [-0.39, 0.29) is 5.82 Å². The van der Waals surface area contributed by atoms with Crippen LogP contribution in [-0.4, -0.2) is 17.3 Å². The number of aliphatic hydroxyl groups excluding tert-OH is 1. The third-order valence-electron chi connectivity index (χ3n) is 2.39. The molecule has 1 aromatic rings. The lowest BCUT2D eigenvalue weighted by atomic mass is 10.1. The second-order valence-corrected chi connectivity index (χ2v) is 4.61. The molecule has 0 aromatic heterocycles. The van der Waals surface area contributed by atoms with E-state index in [0.717, 1.165) is 0 Å². The van der Waals surface area contributed by atoms with Crippen molar-refractivity contribution in [3.05, 3.63) is 34.1 Å². The van der Waals surface area contributed by atoms with Crippen molar-refractivity contribution in [3.8, 4) is 6.07 Å². The zero-order chi connectivity index (χ0) is 13.0. The van der Waals surface area contributed by atoms with Crippen LogP contribution in [0.3, 0.4) is 0 Å². The summed E-state index contributed by atoms with van der Waals surface area (Å²) in [5, 5.41) is 18.4. The number of hydrogen-bond acceptors (Lipinski definition) is 3. The molecule has 0 bridgehead atoms. The lowest BCUT2D eigenvalue weighted by molar-refractivity contribution is -0.0428. The number of ether oxygens (including phenoxy) is 1. The van der Waals surface area contributed by atoms with Crippen molar-refractivity contribution in [1.29, 1.82) is 5.26 Å². The maximum Gasteiger partial charge on any atom is 0.170 e. The molecule has 1 aromatic carbocycles. The molecule has 3 nitrogen and oxygen atoms in total. The monoisotopic (exact) mass is 301 g/mol. The Balaban J connectivity index is 2.91. The largest absolute Gasteiger partial charge is 0.391 e. The molecule has 5 heteroatoms. The molecule has 3 unspecified atom stereocenters. The van der Waals surface area contributed by atoms with E-state index in [9.17, 15) is 9.50 Å². The molecule has 0 saturated heterocycles. The first-order valence-corrected chi connectivity index (χ1v) is 5.93. The van der Waals surface area contributed by atoms with Crippen LogP contribution in [0.15, 0.2) is 22.7 Å². The smallest absolute Gasteiger partial charge is 0.170 e. The van der Waals surface area contributed by atoms with E-state index in [0.29, 0.717) is 10.0 Å². The lowest BCUT2D eigenvalue weighted by Gasteiger charge is -2.20. The van der Waals surface area contributed by atoms with Gasteiger partial charge in [-0.2, -0.15) is 5.26 Å². The Labute approximate surface area is 108 Å². The Bertz CT molecular complexity index is 431. The standard InChI is InChI=1S/C12H13BrFNO2/c1-7(16)8(2)17-12(6-15)10-4-3-9(14)5-11(10)13/h3-5,7-8,12,16H,1-2H3.